The van der Waals surface area contributed by atoms with Crippen LogP contribution in [0.2, 0.25) is 0 Å². The quantitative estimate of drug-likeness (QED) is 0.248. The van der Waals surface area contributed by atoms with E-state index in [2.05, 4.69) is 0 Å². The number of ketones is 1. The number of benzene rings is 2. The number of nitrogens with one attached hydrogen (secondary N) is 1. The molecule has 2 N–H and O–H groups in total. The Hall–Kier alpha value is -3.14. The fraction of sp³-hybridized carbons (Fsp3) is 0.483. The van der Waals surface area contributed by atoms with E-state index in [0.717, 1.165) is 0 Å². The molecule has 0 unspecified atom stereocenters. The van der Waals surface area contributed by atoms with Crippen LogP contribution in [-0.2, 0) is 27.9 Å². The van der Waals surface area contributed by atoms with Crippen LogP contribution in [0.1, 0.15) is 80.6 Å². The third kappa shape index (κ3) is 7.09. The van der Waals surface area contributed by atoms with Crippen LogP contribution >= 0.6 is 17.0 Å². The number of halogens is 2. The second-order valence-corrected chi connectivity index (χ2v) is 10.1. The molecule has 0 fully saturated rings. The highest BCUT2D eigenvalue weighted by molar-refractivity contribution is 8.93. The molecule has 0 bridgehead atoms. The molecule has 1 aliphatic rings. The Morgan fingerprint density at radius 1 is 1.08 bits per heavy atom. The van der Waals surface area contributed by atoms with Crippen molar-refractivity contribution in [3.05, 3.63) is 51.8 Å². The number of Topliss-reactive ketones (excluding diaryl/α,β-unsaturated/α-hetero) is 1. The number of aromatic hydroxyl groups is 1. The van der Waals surface area contributed by atoms with Gasteiger partial charge in [-0.3, -0.25) is 15.0 Å². The number of esters is 1. The van der Waals surface area contributed by atoms with Gasteiger partial charge in [0.25, 0.3) is 0 Å². The lowest BCUT2D eigenvalue weighted by molar-refractivity contribution is -0.143. The van der Waals surface area contributed by atoms with Crippen LogP contribution in [0, 0.1) is 11.2 Å². The first-order chi connectivity index (χ1) is 17.9. The molecule has 1 heterocycles. The number of aryl methyl sites for hydroxylation is 1. The normalized spacial score (nSPS) is 12.6. The SMILES string of the molecule is Br.CCOC(=O)CCc1cc(C(=O)CN2Cc3cc(OCC)c(OCC)c(F)c3C2=N)cc(C(C)(C)C)c1O. The number of carbonyl (C=O) groups is 2. The maximum atomic E-state index is 15.4. The van der Waals surface area contributed by atoms with E-state index in [4.69, 9.17) is 19.6 Å². The van der Waals surface area contributed by atoms with Crippen molar-refractivity contribution in [3.63, 3.8) is 0 Å². The lowest BCUT2D eigenvalue weighted by Gasteiger charge is -2.24. The van der Waals surface area contributed by atoms with Gasteiger partial charge in [0.05, 0.1) is 31.9 Å². The first-order valence-corrected chi connectivity index (χ1v) is 12.9. The molecule has 0 atom stereocenters. The number of carbonyl (C=O) groups excluding carboxylic acids is 2. The molecule has 1 aliphatic heterocycles. The molecule has 8 nitrogen and oxygen atoms in total. The second-order valence-electron chi connectivity index (χ2n) is 10.1. The van der Waals surface area contributed by atoms with Crippen molar-refractivity contribution >= 4 is 34.6 Å². The number of phenols is 1. The fourth-order valence-corrected chi connectivity index (χ4v) is 4.51. The summed E-state index contributed by atoms with van der Waals surface area (Å²) in [7, 11) is 0. The predicted octanol–water partition coefficient (Wildman–Crippen LogP) is 5.72. The molecule has 0 saturated heterocycles. The summed E-state index contributed by atoms with van der Waals surface area (Å²) in [4.78, 5) is 26.9. The van der Waals surface area contributed by atoms with Gasteiger partial charge < -0.3 is 24.2 Å². The smallest absolute Gasteiger partial charge is 0.306 e. The molecule has 2 aromatic carbocycles. The van der Waals surface area contributed by atoms with E-state index in [0.29, 0.717) is 28.9 Å². The Bertz CT molecular complexity index is 1240. The van der Waals surface area contributed by atoms with Crippen LogP contribution in [0.5, 0.6) is 17.2 Å². The van der Waals surface area contributed by atoms with Gasteiger partial charge in [0, 0.05) is 24.1 Å². The summed E-state index contributed by atoms with van der Waals surface area (Å²) in [5.41, 5.74) is 1.58. The summed E-state index contributed by atoms with van der Waals surface area (Å²) in [6, 6.07) is 4.90. The van der Waals surface area contributed by atoms with Gasteiger partial charge in [0.2, 0.25) is 0 Å². The third-order valence-corrected chi connectivity index (χ3v) is 6.33. The van der Waals surface area contributed by atoms with E-state index >= 15 is 4.39 Å². The largest absolute Gasteiger partial charge is 0.507 e. The van der Waals surface area contributed by atoms with Crippen molar-refractivity contribution in [2.75, 3.05) is 26.4 Å². The van der Waals surface area contributed by atoms with E-state index in [9.17, 15) is 14.7 Å². The molecule has 0 aromatic heterocycles. The summed E-state index contributed by atoms with van der Waals surface area (Å²) in [5.74, 6) is -1.17. The second kappa shape index (κ2) is 13.3. The Labute approximate surface area is 239 Å². The highest BCUT2D eigenvalue weighted by Gasteiger charge is 2.33. The average molecular weight is 610 g/mol. The van der Waals surface area contributed by atoms with Crippen LogP contribution in [0.4, 0.5) is 4.39 Å². The number of hydrogen-bond acceptors (Lipinski definition) is 7. The molecular formula is C29H38BrFN2O6. The van der Waals surface area contributed by atoms with Crippen molar-refractivity contribution in [2.45, 2.75) is 66.3 Å². The molecule has 214 valence electrons. The monoisotopic (exact) mass is 608 g/mol. The molecule has 0 aliphatic carbocycles. The van der Waals surface area contributed by atoms with Crippen LogP contribution in [0.3, 0.4) is 0 Å². The number of rotatable bonds is 11. The third-order valence-electron chi connectivity index (χ3n) is 6.33. The van der Waals surface area contributed by atoms with Crippen LogP contribution in [0.15, 0.2) is 18.2 Å². The lowest BCUT2D eigenvalue weighted by atomic mass is 9.83. The molecule has 39 heavy (non-hydrogen) atoms. The lowest BCUT2D eigenvalue weighted by Crippen LogP contribution is -2.30. The summed E-state index contributed by atoms with van der Waals surface area (Å²) in [6.07, 6.45) is 0.282. The van der Waals surface area contributed by atoms with Gasteiger partial charge in [0.1, 0.15) is 11.6 Å². The number of phenolic OH excluding ortho intramolecular Hbond substituents is 1. The molecule has 0 radical (unpaired) electrons. The van der Waals surface area contributed by atoms with Gasteiger partial charge >= 0.3 is 5.97 Å². The minimum absolute atomic E-state index is 0. The minimum atomic E-state index is -0.673. The zero-order chi connectivity index (χ0) is 28.2. The Morgan fingerprint density at radius 2 is 1.74 bits per heavy atom. The van der Waals surface area contributed by atoms with E-state index in [-0.39, 0.29) is 96.5 Å². The number of fused-ring (bicyclic) bond motifs is 1. The van der Waals surface area contributed by atoms with E-state index < -0.39 is 11.2 Å². The Balaban J connectivity index is 0.00000533. The average Bonchev–Trinajstić information content (AvgIpc) is 3.15. The highest BCUT2D eigenvalue weighted by Crippen LogP contribution is 2.39. The van der Waals surface area contributed by atoms with Gasteiger partial charge in [-0.15, -0.1) is 17.0 Å². The minimum Gasteiger partial charge on any atom is -0.507 e. The summed E-state index contributed by atoms with van der Waals surface area (Å²) in [6.45, 7) is 11.9. The standard InChI is InChI=1S/C29H37FN2O6.BrH/c1-7-36-22-14-19-15-32(28(31)24(19)25(30)27(22)38-9-3)16-21(33)18-12-17(10-11-23(34)37-8-2)26(35)20(13-18)29(4,5)6;/h12-14,31,35H,7-11,15-16H2,1-6H3;1H. The molecule has 0 spiro atoms. The number of nitrogens with zero attached hydrogens (tertiary/aromatic N) is 1. The number of ether oxygens (including phenoxy) is 3. The summed E-state index contributed by atoms with van der Waals surface area (Å²) in [5, 5.41) is 19.5. The molecule has 2 aromatic rings. The zero-order valence-corrected chi connectivity index (χ0v) is 25.1. The van der Waals surface area contributed by atoms with Crippen molar-refractivity contribution in [1.29, 1.82) is 5.41 Å². The number of amidine groups is 1. The number of hydrogen-bond donors (Lipinski definition) is 2. The molecule has 3 rings (SSSR count). The van der Waals surface area contributed by atoms with Crippen LogP contribution < -0.4 is 9.47 Å². The molecular weight excluding hydrogens is 571 g/mol. The van der Waals surface area contributed by atoms with Gasteiger partial charge in [-0.1, -0.05) is 20.8 Å². The predicted molar refractivity (Wildman–Crippen MR) is 152 cm³/mol. The van der Waals surface area contributed by atoms with Crippen molar-refractivity contribution in [3.8, 4) is 17.2 Å². The van der Waals surface area contributed by atoms with Crippen LogP contribution in [0.25, 0.3) is 0 Å². The van der Waals surface area contributed by atoms with Crippen molar-refractivity contribution in [1.82, 2.24) is 4.90 Å². The molecule has 0 amide bonds. The Kier molecular flexibility index (Phi) is 10.9. The Morgan fingerprint density at radius 3 is 2.33 bits per heavy atom. The molecule has 10 heteroatoms. The van der Waals surface area contributed by atoms with Gasteiger partial charge in [-0.05, 0) is 61.9 Å². The van der Waals surface area contributed by atoms with Gasteiger partial charge in [-0.25, -0.2) is 4.39 Å². The first kappa shape index (κ1) is 32.1. The summed E-state index contributed by atoms with van der Waals surface area (Å²) >= 11 is 0. The van der Waals surface area contributed by atoms with Crippen molar-refractivity contribution < 1.29 is 33.3 Å². The van der Waals surface area contributed by atoms with Gasteiger partial charge in [-0.2, -0.15) is 0 Å². The highest BCUT2D eigenvalue weighted by atomic mass is 79.9. The maximum Gasteiger partial charge on any atom is 0.306 e. The molecule has 0 saturated carbocycles. The fourth-order valence-electron chi connectivity index (χ4n) is 4.51. The van der Waals surface area contributed by atoms with E-state index in [1.54, 1.807) is 39.0 Å². The topological polar surface area (TPSA) is 109 Å². The van der Waals surface area contributed by atoms with E-state index in [1.165, 1.54) is 4.90 Å². The van der Waals surface area contributed by atoms with Crippen molar-refractivity contribution in [2.24, 2.45) is 0 Å². The first-order valence-electron chi connectivity index (χ1n) is 12.9. The van der Waals surface area contributed by atoms with E-state index in [1.807, 2.05) is 20.8 Å². The van der Waals surface area contributed by atoms with Gasteiger partial charge in [0.15, 0.2) is 23.1 Å². The summed E-state index contributed by atoms with van der Waals surface area (Å²) < 4.78 is 31.4. The maximum absolute atomic E-state index is 15.4. The van der Waals surface area contributed by atoms with Crippen LogP contribution in [-0.4, -0.2) is 54.0 Å². The zero-order valence-electron chi connectivity index (χ0n) is 23.4.